The van der Waals surface area contributed by atoms with Gasteiger partial charge in [0.1, 0.15) is 17.9 Å². The van der Waals surface area contributed by atoms with Crippen molar-refractivity contribution >= 4 is 40.9 Å². The lowest BCUT2D eigenvalue weighted by Crippen LogP contribution is -2.99. The number of rotatable bonds is 2. The van der Waals surface area contributed by atoms with Crippen molar-refractivity contribution in [3.63, 3.8) is 0 Å². The second-order valence-electron chi connectivity index (χ2n) is 8.67. The van der Waals surface area contributed by atoms with Crippen molar-refractivity contribution in [2.75, 3.05) is 5.32 Å². The van der Waals surface area contributed by atoms with Gasteiger partial charge in [0.25, 0.3) is 5.91 Å². The van der Waals surface area contributed by atoms with Crippen LogP contribution in [0.25, 0.3) is 0 Å². The maximum atomic E-state index is 13.4. The highest BCUT2D eigenvalue weighted by Gasteiger charge is 2.75. The number of nitrogens with one attached hydrogen (secondary N) is 1. The topological polar surface area (TPSA) is 126 Å². The second kappa shape index (κ2) is 5.78. The Labute approximate surface area is 166 Å². The monoisotopic (exact) mass is 405 g/mol. The largest absolute Gasteiger partial charge is 0.369 e. The summed E-state index contributed by atoms with van der Waals surface area (Å²) < 4.78 is 0. The van der Waals surface area contributed by atoms with Gasteiger partial charge in [-0.3, -0.25) is 24.1 Å². The van der Waals surface area contributed by atoms with Crippen LogP contribution < -0.4 is 16.4 Å². The third-order valence-corrected chi connectivity index (χ3v) is 6.28. The molecule has 5 N–H and O–H groups in total. The summed E-state index contributed by atoms with van der Waals surface area (Å²) in [5.74, 6) is -3.51. The number of hydrogen-bond acceptors (Lipinski definition) is 4. The minimum Gasteiger partial charge on any atom is -0.369 e. The van der Waals surface area contributed by atoms with E-state index in [4.69, 9.17) is 17.3 Å². The van der Waals surface area contributed by atoms with Crippen molar-refractivity contribution in [2.45, 2.75) is 44.3 Å². The minimum atomic E-state index is -1.35. The molecule has 1 aromatic carbocycles. The number of halogens is 1. The van der Waals surface area contributed by atoms with Gasteiger partial charge < -0.3 is 16.4 Å². The number of primary amides is 1. The molecule has 2 saturated heterocycles. The summed E-state index contributed by atoms with van der Waals surface area (Å²) in [5.41, 5.74) is 4.31. The number of benzene rings is 1. The summed E-state index contributed by atoms with van der Waals surface area (Å²) in [6, 6.07) is 4.48. The molecule has 2 fully saturated rings. The molecule has 0 aliphatic carbocycles. The number of para-hydroxylation sites is 1. The quantitative estimate of drug-likeness (QED) is 0.584. The number of nitrogens with zero attached hydrogens (tertiary/aromatic N) is 1. The van der Waals surface area contributed by atoms with E-state index in [0.717, 1.165) is 0 Å². The summed E-state index contributed by atoms with van der Waals surface area (Å²) in [5, 5.41) is 4.80. The van der Waals surface area contributed by atoms with Gasteiger partial charge in [-0.25, -0.2) is 0 Å². The summed E-state index contributed by atoms with van der Waals surface area (Å²) in [7, 11) is 0. The van der Waals surface area contributed by atoms with E-state index in [2.05, 4.69) is 5.32 Å². The summed E-state index contributed by atoms with van der Waals surface area (Å²) in [4.78, 5) is 52.7. The molecule has 4 rings (SSSR count). The molecule has 4 amide bonds. The maximum absolute atomic E-state index is 13.4. The smallest absolute Gasteiger partial charge is 0.291 e. The second-order valence-corrected chi connectivity index (χ2v) is 9.08. The highest BCUT2D eigenvalue weighted by Crippen LogP contribution is 2.51. The molecule has 0 saturated carbocycles. The maximum Gasteiger partial charge on any atom is 0.291 e. The van der Waals surface area contributed by atoms with Crippen molar-refractivity contribution in [2.24, 2.45) is 17.6 Å². The average Bonchev–Trinajstić information content (AvgIpc) is 3.13. The molecule has 0 aromatic heterocycles. The van der Waals surface area contributed by atoms with Crippen LogP contribution in [0.2, 0.25) is 5.02 Å². The van der Waals surface area contributed by atoms with Crippen LogP contribution >= 0.6 is 11.6 Å². The van der Waals surface area contributed by atoms with Crippen LogP contribution in [0.3, 0.4) is 0 Å². The first-order chi connectivity index (χ1) is 13.0. The number of amides is 4. The van der Waals surface area contributed by atoms with Crippen molar-refractivity contribution < 1.29 is 24.5 Å². The molecule has 8 nitrogen and oxygen atoms in total. The first-order valence-electron chi connectivity index (χ1n) is 9.13. The molecule has 3 heterocycles. The number of anilines is 1. The van der Waals surface area contributed by atoms with Crippen molar-refractivity contribution in [3.05, 3.63) is 28.8 Å². The first kappa shape index (κ1) is 18.9. The zero-order valence-corrected chi connectivity index (χ0v) is 16.5. The van der Waals surface area contributed by atoms with Crippen LogP contribution in [-0.2, 0) is 24.7 Å². The van der Waals surface area contributed by atoms with Crippen LogP contribution in [0.5, 0.6) is 0 Å². The van der Waals surface area contributed by atoms with Crippen molar-refractivity contribution in [3.8, 4) is 0 Å². The SMILES string of the molecule is CC(C)(C)N1C(=O)[C@@H]2[C@H](CC(N)=O)[NH2+][C@@]3(C(=O)Nc4c(Cl)cccc43)[C@@H]2C1=O. The molecule has 148 valence electrons. The molecule has 3 aliphatic heterocycles. The summed E-state index contributed by atoms with van der Waals surface area (Å²) >= 11 is 6.26. The Kier molecular flexibility index (Phi) is 3.90. The number of carbonyl (C=O) groups excluding carboxylic acids is 4. The molecule has 1 aromatic rings. The number of carbonyl (C=O) groups is 4. The van der Waals surface area contributed by atoms with Gasteiger partial charge in [0.2, 0.25) is 23.3 Å². The zero-order valence-electron chi connectivity index (χ0n) is 15.8. The lowest BCUT2D eigenvalue weighted by atomic mass is 9.76. The molecule has 9 heteroatoms. The Hall–Kier alpha value is -2.45. The van der Waals surface area contributed by atoms with Crippen LogP contribution in [0.1, 0.15) is 32.8 Å². The van der Waals surface area contributed by atoms with Crippen LogP contribution in [0.15, 0.2) is 18.2 Å². The van der Waals surface area contributed by atoms with Gasteiger partial charge in [-0.15, -0.1) is 0 Å². The molecule has 0 unspecified atom stereocenters. The number of imide groups is 1. The van der Waals surface area contributed by atoms with E-state index in [1.54, 1.807) is 44.3 Å². The summed E-state index contributed by atoms with van der Waals surface area (Å²) in [6.07, 6.45) is -0.108. The van der Waals surface area contributed by atoms with Crippen LogP contribution in [0.4, 0.5) is 5.69 Å². The van der Waals surface area contributed by atoms with Crippen LogP contribution in [0, 0.1) is 11.8 Å². The lowest BCUT2D eigenvalue weighted by Gasteiger charge is -2.33. The number of nitrogens with two attached hydrogens (primary N) is 2. The molecular weight excluding hydrogens is 384 g/mol. The van der Waals surface area contributed by atoms with Gasteiger partial charge >= 0.3 is 0 Å². The standard InChI is InChI=1S/C19H21ClN4O4/c1-18(2,3)24-15(26)12-10(7-11(21)25)23-19(13(12)16(24)27)8-5-4-6-9(20)14(8)22-17(19)28/h4-6,10,12-13,23H,7H2,1-3H3,(H2,21,25)(H,22,28)/p+1/t10-,12+,13-,19+/m0/s1. The number of hydrogen-bond donors (Lipinski definition) is 3. The first-order valence-corrected chi connectivity index (χ1v) is 9.50. The van der Waals surface area contributed by atoms with E-state index in [1.165, 1.54) is 4.90 Å². The Morgan fingerprint density at radius 3 is 2.57 bits per heavy atom. The van der Waals surface area contributed by atoms with Gasteiger partial charge in [-0.2, -0.15) is 0 Å². The Bertz CT molecular complexity index is 940. The average molecular weight is 406 g/mol. The van der Waals surface area contributed by atoms with Crippen LogP contribution in [-0.4, -0.2) is 40.1 Å². The molecule has 1 spiro atoms. The van der Waals surface area contributed by atoms with Gasteiger partial charge in [0, 0.05) is 11.1 Å². The van der Waals surface area contributed by atoms with Crippen molar-refractivity contribution in [1.82, 2.24) is 4.90 Å². The predicted octanol–water partition coefficient (Wildman–Crippen LogP) is -0.292. The third kappa shape index (κ3) is 2.28. The minimum absolute atomic E-state index is 0.108. The van der Waals surface area contributed by atoms with E-state index >= 15 is 0 Å². The Morgan fingerprint density at radius 1 is 1.29 bits per heavy atom. The predicted molar refractivity (Wildman–Crippen MR) is 99.9 cm³/mol. The molecular formula is C19H22ClN4O4+. The van der Waals surface area contributed by atoms with E-state index in [0.29, 0.717) is 16.3 Å². The Morgan fingerprint density at radius 2 is 1.96 bits per heavy atom. The third-order valence-electron chi connectivity index (χ3n) is 5.96. The highest BCUT2D eigenvalue weighted by molar-refractivity contribution is 6.35. The number of likely N-dealkylation sites (tertiary alicyclic amines) is 1. The molecule has 28 heavy (non-hydrogen) atoms. The summed E-state index contributed by atoms with van der Waals surface area (Å²) in [6.45, 7) is 5.30. The van der Waals surface area contributed by atoms with E-state index in [-0.39, 0.29) is 12.3 Å². The normalized spacial score (nSPS) is 31.4. The van der Waals surface area contributed by atoms with E-state index < -0.39 is 46.7 Å². The Balaban J connectivity index is 1.93. The molecule has 3 aliphatic rings. The van der Waals surface area contributed by atoms with Crippen molar-refractivity contribution in [1.29, 1.82) is 0 Å². The molecule has 4 atom stereocenters. The fraction of sp³-hybridized carbons (Fsp3) is 0.474. The zero-order chi connectivity index (χ0) is 20.6. The lowest BCUT2D eigenvalue weighted by molar-refractivity contribution is -0.732. The number of quaternary nitrogens is 1. The van der Waals surface area contributed by atoms with Gasteiger partial charge in [-0.1, -0.05) is 17.7 Å². The van der Waals surface area contributed by atoms with Gasteiger partial charge in [-0.05, 0) is 32.9 Å². The van der Waals surface area contributed by atoms with Gasteiger partial charge in [0.05, 0.1) is 17.1 Å². The fourth-order valence-electron chi connectivity index (χ4n) is 5.04. The van der Waals surface area contributed by atoms with Gasteiger partial charge in [0.15, 0.2) is 0 Å². The molecule has 0 radical (unpaired) electrons. The fourth-order valence-corrected chi connectivity index (χ4v) is 5.26. The number of fused-ring (bicyclic) bond motifs is 4. The molecule has 0 bridgehead atoms. The van der Waals surface area contributed by atoms with E-state index in [9.17, 15) is 19.2 Å². The highest BCUT2D eigenvalue weighted by atomic mass is 35.5. The van der Waals surface area contributed by atoms with E-state index in [1.807, 2.05) is 0 Å².